The number of amides is 2. The molecule has 2 aromatic carbocycles. The van der Waals surface area contributed by atoms with E-state index in [2.05, 4.69) is 21.2 Å². The van der Waals surface area contributed by atoms with Crippen LogP contribution >= 0.6 is 38.9 Å². The Bertz CT molecular complexity index is 989. The quantitative estimate of drug-likeness (QED) is 0.528. The SMILES string of the molecule is CN(Cc1ccc(Cl)s1)C(=O)c1ccccc1NC(=O)c1ccccc1Br. The number of benzene rings is 2. The second-order valence-corrected chi connectivity index (χ2v) is 8.50. The van der Waals surface area contributed by atoms with Crippen LogP contribution < -0.4 is 5.32 Å². The van der Waals surface area contributed by atoms with Crippen LogP contribution in [-0.4, -0.2) is 23.8 Å². The molecule has 0 aliphatic rings. The topological polar surface area (TPSA) is 49.4 Å². The fourth-order valence-corrected chi connectivity index (χ4v) is 4.17. The zero-order chi connectivity index (χ0) is 19.4. The lowest BCUT2D eigenvalue weighted by Gasteiger charge is -2.19. The lowest BCUT2D eigenvalue weighted by molar-refractivity contribution is 0.0787. The third-order valence-corrected chi connectivity index (χ3v) is 5.80. The molecule has 0 aliphatic carbocycles. The molecule has 3 rings (SSSR count). The summed E-state index contributed by atoms with van der Waals surface area (Å²) < 4.78 is 1.38. The molecule has 0 unspecified atom stereocenters. The molecule has 0 aliphatic heterocycles. The Balaban J connectivity index is 1.80. The van der Waals surface area contributed by atoms with Crippen LogP contribution in [0.3, 0.4) is 0 Å². The number of hydrogen-bond acceptors (Lipinski definition) is 3. The molecule has 0 atom stereocenters. The number of para-hydroxylation sites is 1. The van der Waals surface area contributed by atoms with Gasteiger partial charge in [-0.2, -0.15) is 0 Å². The fourth-order valence-electron chi connectivity index (χ4n) is 2.56. The maximum Gasteiger partial charge on any atom is 0.256 e. The average molecular weight is 464 g/mol. The average Bonchev–Trinajstić information content (AvgIpc) is 3.06. The van der Waals surface area contributed by atoms with E-state index in [9.17, 15) is 9.59 Å². The number of carbonyl (C=O) groups excluding carboxylic acids is 2. The number of carbonyl (C=O) groups is 2. The molecule has 0 saturated heterocycles. The van der Waals surface area contributed by atoms with Gasteiger partial charge in [0.05, 0.1) is 27.7 Å². The number of anilines is 1. The van der Waals surface area contributed by atoms with Gasteiger partial charge in [0.2, 0.25) is 0 Å². The summed E-state index contributed by atoms with van der Waals surface area (Å²) in [6.45, 7) is 0.447. The molecule has 1 aromatic heterocycles. The number of hydrogen-bond donors (Lipinski definition) is 1. The van der Waals surface area contributed by atoms with Crippen LogP contribution in [0, 0.1) is 0 Å². The number of nitrogens with zero attached hydrogens (tertiary/aromatic N) is 1. The van der Waals surface area contributed by atoms with Gasteiger partial charge in [-0.05, 0) is 52.3 Å². The third-order valence-electron chi connectivity index (χ3n) is 3.89. The van der Waals surface area contributed by atoms with Gasteiger partial charge in [0.1, 0.15) is 0 Å². The van der Waals surface area contributed by atoms with Gasteiger partial charge < -0.3 is 10.2 Å². The predicted octanol–water partition coefficient (Wildman–Crippen LogP) is 5.69. The van der Waals surface area contributed by atoms with Gasteiger partial charge >= 0.3 is 0 Å². The van der Waals surface area contributed by atoms with E-state index in [1.165, 1.54) is 11.3 Å². The van der Waals surface area contributed by atoms with Gasteiger partial charge in [-0.15, -0.1) is 11.3 Å². The summed E-state index contributed by atoms with van der Waals surface area (Å²) in [6.07, 6.45) is 0. The molecule has 27 heavy (non-hydrogen) atoms. The Hall–Kier alpha value is -2.15. The molecule has 0 saturated carbocycles. The smallest absolute Gasteiger partial charge is 0.256 e. The van der Waals surface area contributed by atoms with Crippen molar-refractivity contribution in [2.45, 2.75) is 6.54 Å². The number of thiophene rings is 1. The van der Waals surface area contributed by atoms with Crippen LogP contribution in [0.2, 0.25) is 4.34 Å². The molecule has 0 bridgehead atoms. The molecular formula is C20H16BrClN2O2S. The van der Waals surface area contributed by atoms with E-state index in [4.69, 9.17) is 11.6 Å². The lowest BCUT2D eigenvalue weighted by Crippen LogP contribution is -2.27. The monoisotopic (exact) mass is 462 g/mol. The Kier molecular flexibility index (Phi) is 6.31. The Morgan fingerprint density at radius 1 is 1.04 bits per heavy atom. The molecule has 1 heterocycles. The van der Waals surface area contributed by atoms with Crippen LogP contribution in [0.5, 0.6) is 0 Å². The number of rotatable bonds is 5. The summed E-state index contributed by atoms with van der Waals surface area (Å²) >= 11 is 10.8. The molecule has 2 amide bonds. The van der Waals surface area contributed by atoms with Crippen molar-refractivity contribution in [3.05, 3.63) is 85.5 Å². The van der Waals surface area contributed by atoms with E-state index < -0.39 is 0 Å². The van der Waals surface area contributed by atoms with Gasteiger partial charge in [0.15, 0.2) is 0 Å². The molecule has 0 radical (unpaired) electrons. The molecule has 4 nitrogen and oxygen atoms in total. The highest BCUT2D eigenvalue weighted by Crippen LogP contribution is 2.24. The molecule has 138 valence electrons. The molecule has 7 heteroatoms. The summed E-state index contributed by atoms with van der Waals surface area (Å²) in [5, 5.41) is 2.84. The first-order chi connectivity index (χ1) is 13.0. The normalized spacial score (nSPS) is 10.5. The van der Waals surface area contributed by atoms with Crippen molar-refractivity contribution in [2.24, 2.45) is 0 Å². The van der Waals surface area contributed by atoms with Gasteiger partial charge in [0.25, 0.3) is 11.8 Å². The van der Waals surface area contributed by atoms with Gasteiger partial charge in [0, 0.05) is 16.4 Å². The first-order valence-corrected chi connectivity index (χ1v) is 10.1. The first-order valence-electron chi connectivity index (χ1n) is 8.10. The summed E-state index contributed by atoms with van der Waals surface area (Å²) in [6, 6.07) is 17.8. The minimum atomic E-state index is -0.282. The van der Waals surface area contributed by atoms with Gasteiger partial charge in [-0.25, -0.2) is 0 Å². The minimum absolute atomic E-state index is 0.178. The lowest BCUT2D eigenvalue weighted by atomic mass is 10.1. The van der Waals surface area contributed by atoms with E-state index in [0.717, 1.165) is 4.88 Å². The van der Waals surface area contributed by atoms with Gasteiger partial charge in [-0.3, -0.25) is 9.59 Å². The highest BCUT2D eigenvalue weighted by atomic mass is 79.9. The first kappa shape index (κ1) is 19.6. The van der Waals surface area contributed by atoms with Crippen molar-refractivity contribution in [1.82, 2.24) is 4.90 Å². The van der Waals surface area contributed by atoms with Crippen molar-refractivity contribution in [2.75, 3.05) is 12.4 Å². The summed E-state index contributed by atoms with van der Waals surface area (Å²) in [4.78, 5) is 28.1. The maximum atomic E-state index is 12.9. The van der Waals surface area contributed by atoms with Gasteiger partial charge in [-0.1, -0.05) is 35.9 Å². The Morgan fingerprint density at radius 3 is 2.37 bits per heavy atom. The van der Waals surface area contributed by atoms with E-state index in [1.54, 1.807) is 54.4 Å². The van der Waals surface area contributed by atoms with E-state index >= 15 is 0 Å². The standard InChI is InChI=1S/C20H16BrClN2O2S/c1-24(12-13-10-11-18(22)27-13)20(26)15-7-3-5-9-17(15)23-19(25)14-6-2-4-8-16(14)21/h2-11H,12H2,1H3,(H,23,25). The maximum absolute atomic E-state index is 12.9. The van der Waals surface area contributed by atoms with E-state index in [0.29, 0.717) is 32.2 Å². The van der Waals surface area contributed by atoms with Crippen LogP contribution in [0.1, 0.15) is 25.6 Å². The van der Waals surface area contributed by atoms with Crippen molar-refractivity contribution in [3.8, 4) is 0 Å². The van der Waals surface area contributed by atoms with E-state index in [-0.39, 0.29) is 11.8 Å². The number of halogens is 2. The van der Waals surface area contributed by atoms with Crippen LogP contribution in [0.15, 0.2) is 65.1 Å². The fraction of sp³-hybridized carbons (Fsp3) is 0.100. The molecule has 0 fully saturated rings. The largest absolute Gasteiger partial charge is 0.336 e. The molecule has 0 spiro atoms. The second kappa shape index (κ2) is 8.69. The second-order valence-electron chi connectivity index (χ2n) is 5.85. The highest BCUT2D eigenvalue weighted by molar-refractivity contribution is 9.10. The summed E-state index contributed by atoms with van der Waals surface area (Å²) in [5.74, 6) is -0.460. The zero-order valence-electron chi connectivity index (χ0n) is 14.4. The van der Waals surface area contributed by atoms with Crippen molar-refractivity contribution < 1.29 is 9.59 Å². The highest BCUT2D eigenvalue weighted by Gasteiger charge is 2.18. The van der Waals surface area contributed by atoms with Crippen LogP contribution in [0.4, 0.5) is 5.69 Å². The van der Waals surface area contributed by atoms with Crippen molar-refractivity contribution in [1.29, 1.82) is 0 Å². The number of nitrogens with one attached hydrogen (secondary N) is 1. The molecule has 3 aromatic rings. The van der Waals surface area contributed by atoms with Crippen molar-refractivity contribution >= 4 is 56.4 Å². The van der Waals surface area contributed by atoms with Crippen LogP contribution in [-0.2, 0) is 6.54 Å². The Morgan fingerprint density at radius 2 is 1.70 bits per heavy atom. The third kappa shape index (κ3) is 4.77. The predicted molar refractivity (Wildman–Crippen MR) is 114 cm³/mol. The summed E-state index contributed by atoms with van der Waals surface area (Å²) in [7, 11) is 1.72. The minimum Gasteiger partial charge on any atom is -0.336 e. The zero-order valence-corrected chi connectivity index (χ0v) is 17.6. The molecular weight excluding hydrogens is 448 g/mol. The van der Waals surface area contributed by atoms with Crippen LogP contribution in [0.25, 0.3) is 0 Å². The Labute approximate surface area is 174 Å². The van der Waals surface area contributed by atoms with E-state index in [1.807, 2.05) is 18.2 Å². The van der Waals surface area contributed by atoms with Crippen molar-refractivity contribution in [3.63, 3.8) is 0 Å². The summed E-state index contributed by atoms with van der Waals surface area (Å²) in [5.41, 5.74) is 1.41. The molecule has 1 N–H and O–H groups in total.